The molecule has 0 aliphatic carbocycles. The molecule has 1 atom stereocenters. The summed E-state index contributed by atoms with van der Waals surface area (Å²) in [5.41, 5.74) is 11.8. The maximum absolute atomic E-state index is 5.93. The number of allylic oxidation sites excluding steroid dienone is 2. The van der Waals surface area contributed by atoms with E-state index in [9.17, 15) is 0 Å². The van der Waals surface area contributed by atoms with Gasteiger partial charge in [0.25, 0.3) is 0 Å². The van der Waals surface area contributed by atoms with Crippen molar-refractivity contribution < 1.29 is 0 Å². The Morgan fingerprint density at radius 3 is 2.75 bits per heavy atom. The molecule has 2 aromatic rings. The van der Waals surface area contributed by atoms with Crippen LogP contribution in [-0.4, -0.2) is 16.0 Å². The number of pyridine rings is 1. The lowest BCUT2D eigenvalue weighted by Crippen LogP contribution is -2.15. The molecule has 0 aromatic carbocycles. The van der Waals surface area contributed by atoms with Crippen molar-refractivity contribution in [3.05, 3.63) is 41.2 Å². The van der Waals surface area contributed by atoms with Crippen LogP contribution in [0.3, 0.4) is 0 Å². The molecule has 0 spiro atoms. The van der Waals surface area contributed by atoms with Gasteiger partial charge in [0.05, 0.1) is 0 Å². The molecule has 2 rings (SSSR count). The number of nitrogens with one attached hydrogen (secondary N) is 1. The second-order valence-electron chi connectivity index (χ2n) is 6.66. The molecule has 0 saturated heterocycles. The van der Waals surface area contributed by atoms with Gasteiger partial charge in [-0.2, -0.15) is 0 Å². The van der Waals surface area contributed by atoms with Gasteiger partial charge in [-0.15, -0.1) is 0 Å². The first-order valence-corrected chi connectivity index (χ1v) is 9.17. The molecule has 0 fully saturated rings. The standard InChI is InChI=1S/C21H31N3/c1-5-7-8-10-18(9-6-2)20-13-19-12-17(11-15(3)16(4)22)14-23-21(19)24-20/h9,11-14,16H,5-8,10,22H2,1-4H3,(H,23,24)/b15-11+,18-9+. The largest absolute Gasteiger partial charge is 0.340 e. The number of hydrogen-bond acceptors (Lipinski definition) is 2. The normalized spacial score (nSPS) is 14.4. The van der Waals surface area contributed by atoms with Gasteiger partial charge in [0.1, 0.15) is 5.65 Å². The molecule has 0 saturated carbocycles. The van der Waals surface area contributed by atoms with Gasteiger partial charge in [-0.05, 0) is 56.4 Å². The molecule has 3 N–H and O–H groups in total. The van der Waals surface area contributed by atoms with E-state index in [1.165, 1.54) is 30.5 Å². The Bertz CT molecular complexity index is 720. The fourth-order valence-electron chi connectivity index (χ4n) is 2.84. The third-order valence-corrected chi connectivity index (χ3v) is 4.45. The average Bonchev–Trinajstić information content (AvgIpc) is 2.97. The molecule has 1 unspecified atom stereocenters. The molecule has 0 aliphatic rings. The topological polar surface area (TPSA) is 54.7 Å². The van der Waals surface area contributed by atoms with Crippen molar-refractivity contribution in [2.75, 3.05) is 0 Å². The Balaban J connectivity index is 2.29. The van der Waals surface area contributed by atoms with Crippen molar-refractivity contribution in [3.8, 4) is 0 Å². The molecular weight excluding hydrogens is 294 g/mol. The fourth-order valence-corrected chi connectivity index (χ4v) is 2.84. The summed E-state index contributed by atoms with van der Waals surface area (Å²) in [5.74, 6) is 0. The minimum atomic E-state index is 0.0696. The van der Waals surface area contributed by atoms with E-state index in [4.69, 9.17) is 5.73 Å². The summed E-state index contributed by atoms with van der Waals surface area (Å²) in [5, 5.41) is 1.16. The summed E-state index contributed by atoms with van der Waals surface area (Å²) >= 11 is 0. The summed E-state index contributed by atoms with van der Waals surface area (Å²) < 4.78 is 0. The molecule has 3 heteroatoms. The Kier molecular flexibility index (Phi) is 6.80. The molecule has 130 valence electrons. The van der Waals surface area contributed by atoms with Crippen molar-refractivity contribution in [1.29, 1.82) is 0 Å². The summed E-state index contributed by atoms with van der Waals surface area (Å²) in [6, 6.07) is 4.48. The third-order valence-electron chi connectivity index (χ3n) is 4.45. The van der Waals surface area contributed by atoms with Crippen molar-refractivity contribution in [2.24, 2.45) is 5.73 Å². The number of nitrogens with two attached hydrogens (primary N) is 1. The van der Waals surface area contributed by atoms with E-state index in [1.807, 2.05) is 13.1 Å². The number of rotatable bonds is 8. The van der Waals surface area contributed by atoms with Crippen molar-refractivity contribution in [2.45, 2.75) is 65.8 Å². The van der Waals surface area contributed by atoms with E-state index in [0.717, 1.165) is 35.0 Å². The summed E-state index contributed by atoms with van der Waals surface area (Å²) in [6.07, 6.45) is 12.3. The number of H-pyrrole nitrogens is 1. The Hall–Kier alpha value is -1.87. The van der Waals surface area contributed by atoms with E-state index in [2.05, 4.69) is 55.0 Å². The van der Waals surface area contributed by atoms with E-state index in [0.29, 0.717) is 0 Å². The molecule has 0 bridgehead atoms. The van der Waals surface area contributed by atoms with Crippen LogP contribution in [0.15, 0.2) is 30.0 Å². The smallest absolute Gasteiger partial charge is 0.137 e. The third kappa shape index (κ3) is 4.81. The van der Waals surface area contributed by atoms with Crippen LogP contribution in [0.25, 0.3) is 22.7 Å². The summed E-state index contributed by atoms with van der Waals surface area (Å²) in [7, 11) is 0. The highest BCUT2D eigenvalue weighted by molar-refractivity contribution is 5.83. The first-order chi connectivity index (χ1) is 11.5. The van der Waals surface area contributed by atoms with E-state index in [-0.39, 0.29) is 6.04 Å². The Labute approximate surface area is 146 Å². The van der Waals surface area contributed by atoms with Crippen molar-refractivity contribution >= 4 is 22.7 Å². The number of fused-ring (bicyclic) bond motifs is 1. The van der Waals surface area contributed by atoms with Crippen LogP contribution in [0.2, 0.25) is 0 Å². The Morgan fingerprint density at radius 1 is 1.29 bits per heavy atom. The van der Waals surface area contributed by atoms with Crippen LogP contribution in [-0.2, 0) is 0 Å². The van der Waals surface area contributed by atoms with Gasteiger partial charge in [-0.25, -0.2) is 4.98 Å². The van der Waals surface area contributed by atoms with Gasteiger partial charge < -0.3 is 10.7 Å². The van der Waals surface area contributed by atoms with Gasteiger partial charge in [0.15, 0.2) is 0 Å². The second-order valence-corrected chi connectivity index (χ2v) is 6.66. The van der Waals surface area contributed by atoms with Crippen LogP contribution in [0.4, 0.5) is 0 Å². The van der Waals surface area contributed by atoms with Crippen molar-refractivity contribution in [1.82, 2.24) is 9.97 Å². The van der Waals surface area contributed by atoms with Gasteiger partial charge in [-0.3, -0.25) is 0 Å². The predicted octanol–water partition coefficient (Wildman–Crippen LogP) is 5.69. The lowest BCUT2D eigenvalue weighted by atomic mass is 10.0. The average molecular weight is 326 g/mol. The maximum Gasteiger partial charge on any atom is 0.137 e. The zero-order valence-electron chi connectivity index (χ0n) is 15.5. The highest BCUT2D eigenvalue weighted by Crippen LogP contribution is 2.25. The molecule has 2 aromatic heterocycles. The second kappa shape index (κ2) is 8.84. The molecule has 0 amide bonds. The molecule has 0 aliphatic heterocycles. The van der Waals surface area contributed by atoms with Gasteiger partial charge in [-0.1, -0.05) is 44.4 Å². The molecule has 0 radical (unpaired) electrons. The molecule has 3 nitrogen and oxygen atoms in total. The number of aromatic nitrogens is 2. The lowest BCUT2D eigenvalue weighted by Gasteiger charge is -2.04. The van der Waals surface area contributed by atoms with Crippen LogP contribution in [0, 0.1) is 0 Å². The predicted molar refractivity (Wildman–Crippen MR) is 106 cm³/mol. The van der Waals surface area contributed by atoms with Crippen LogP contribution < -0.4 is 5.73 Å². The Morgan fingerprint density at radius 2 is 2.08 bits per heavy atom. The van der Waals surface area contributed by atoms with Gasteiger partial charge in [0, 0.05) is 23.3 Å². The lowest BCUT2D eigenvalue weighted by molar-refractivity contribution is 0.734. The minimum Gasteiger partial charge on any atom is -0.340 e. The SMILES string of the molecule is CC/C=C(\CCCCC)c1cc2cc(/C=C(\C)C(C)N)cnc2[nH]1. The maximum atomic E-state index is 5.93. The highest BCUT2D eigenvalue weighted by atomic mass is 14.9. The van der Waals surface area contributed by atoms with E-state index >= 15 is 0 Å². The highest BCUT2D eigenvalue weighted by Gasteiger charge is 2.07. The van der Waals surface area contributed by atoms with Crippen LogP contribution >= 0.6 is 0 Å². The summed E-state index contributed by atoms with van der Waals surface area (Å²) in [4.78, 5) is 8.07. The molecule has 24 heavy (non-hydrogen) atoms. The van der Waals surface area contributed by atoms with Crippen LogP contribution in [0.5, 0.6) is 0 Å². The number of unbranched alkanes of at least 4 members (excludes halogenated alkanes) is 2. The quantitative estimate of drug-likeness (QED) is 0.613. The first-order valence-electron chi connectivity index (χ1n) is 9.17. The van der Waals surface area contributed by atoms with Crippen molar-refractivity contribution in [3.63, 3.8) is 0 Å². The molecular formula is C21H31N3. The zero-order chi connectivity index (χ0) is 17.5. The number of hydrogen-bond donors (Lipinski definition) is 2. The van der Waals surface area contributed by atoms with Gasteiger partial charge in [0.2, 0.25) is 0 Å². The summed E-state index contributed by atoms with van der Waals surface area (Å²) in [6.45, 7) is 8.51. The zero-order valence-corrected chi connectivity index (χ0v) is 15.5. The molecule has 2 heterocycles. The van der Waals surface area contributed by atoms with Gasteiger partial charge >= 0.3 is 0 Å². The first kappa shape index (κ1) is 18.5. The fraction of sp³-hybridized carbons (Fsp3) is 0.476. The van der Waals surface area contributed by atoms with E-state index in [1.54, 1.807) is 0 Å². The van der Waals surface area contributed by atoms with Crippen LogP contribution in [0.1, 0.15) is 71.1 Å². The minimum absolute atomic E-state index is 0.0696. The number of aromatic amines is 1. The monoisotopic (exact) mass is 325 g/mol. The van der Waals surface area contributed by atoms with E-state index < -0.39 is 0 Å². The number of nitrogens with zero attached hydrogens (tertiary/aromatic N) is 1.